The second kappa shape index (κ2) is 11.3. The van der Waals surface area contributed by atoms with E-state index in [1.165, 1.54) is 12.3 Å². The zero-order valence-corrected chi connectivity index (χ0v) is 19.5. The average molecular weight is 479 g/mol. The van der Waals surface area contributed by atoms with E-state index in [1.54, 1.807) is 66.9 Å². The van der Waals surface area contributed by atoms with Crippen molar-refractivity contribution in [3.8, 4) is 0 Å². The maximum Gasteiger partial charge on any atom is 0.343 e. The third-order valence-electron chi connectivity index (χ3n) is 4.83. The number of anilines is 5. The highest BCUT2D eigenvalue weighted by atomic mass is 16.6. The van der Waals surface area contributed by atoms with Crippen LogP contribution >= 0.6 is 0 Å². The molecule has 0 radical (unpaired) electrons. The first-order valence-electron chi connectivity index (χ1n) is 10.6. The van der Waals surface area contributed by atoms with Crippen LogP contribution in [0.3, 0.4) is 0 Å². The number of nitrogens with zero attached hydrogens (tertiary/aromatic N) is 5. The molecule has 0 saturated heterocycles. The lowest BCUT2D eigenvalue weighted by atomic mass is 10.2. The van der Waals surface area contributed by atoms with Crippen molar-refractivity contribution < 1.29 is 14.5 Å². The monoisotopic (exact) mass is 478 g/mol. The van der Waals surface area contributed by atoms with Gasteiger partial charge in [-0.05, 0) is 25.1 Å². The summed E-state index contributed by atoms with van der Waals surface area (Å²) in [6, 6.07) is 15.5. The van der Waals surface area contributed by atoms with E-state index in [0.717, 1.165) is 5.69 Å². The van der Waals surface area contributed by atoms with Crippen LogP contribution in [0.4, 0.5) is 34.4 Å². The summed E-state index contributed by atoms with van der Waals surface area (Å²) >= 11 is 0. The minimum Gasteiger partial charge on any atom is -0.462 e. The zero-order valence-electron chi connectivity index (χ0n) is 19.5. The topological polar surface area (TPSA) is 155 Å². The standard InChI is InChI=1S/C13H16N4O2.C10H10N4O2/c1-3-19-13(18)9-8-15-17(2)12(9)16-11-7-5-4-6-10(11)14;1-13-10(6-7-11-13)12-8-4-2-3-5-9(8)14(15)16/h4-8,16H,3,14H2,1-2H3;2-7,12H,1H3. The van der Waals surface area contributed by atoms with E-state index in [4.69, 9.17) is 10.5 Å². The number of nitrogens with two attached hydrogens (primary N) is 1. The van der Waals surface area contributed by atoms with Gasteiger partial charge in [-0.15, -0.1) is 0 Å². The number of rotatable bonds is 7. The van der Waals surface area contributed by atoms with Crippen molar-refractivity contribution in [1.82, 2.24) is 19.6 Å². The number of nitrogens with one attached hydrogen (secondary N) is 2. The molecule has 0 saturated carbocycles. The molecule has 0 bridgehead atoms. The van der Waals surface area contributed by atoms with Gasteiger partial charge in [0, 0.05) is 26.2 Å². The Labute approximate surface area is 201 Å². The molecule has 12 heteroatoms. The number of nitro benzene ring substituents is 1. The summed E-state index contributed by atoms with van der Waals surface area (Å²) in [6.07, 6.45) is 3.09. The number of hydrogen-bond donors (Lipinski definition) is 3. The van der Waals surface area contributed by atoms with Crippen LogP contribution in [0.5, 0.6) is 0 Å². The molecule has 0 spiro atoms. The summed E-state index contributed by atoms with van der Waals surface area (Å²) in [4.78, 5) is 22.2. The average Bonchev–Trinajstić information content (AvgIpc) is 3.41. The van der Waals surface area contributed by atoms with Crippen LogP contribution in [-0.2, 0) is 18.8 Å². The van der Waals surface area contributed by atoms with Gasteiger partial charge in [-0.2, -0.15) is 10.2 Å². The lowest BCUT2D eigenvalue weighted by Gasteiger charge is -2.11. The molecule has 4 N–H and O–H groups in total. The van der Waals surface area contributed by atoms with Crippen molar-refractivity contribution in [2.24, 2.45) is 14.1 Å². The number of nitro groups is 1. The van der Waals surface area contributed by atoms with Gasteiger partial charge in [0.05, 0.1) is 35.3 Å². The fourth-order valence-corrected chi connectivity index (χ4v) is 3.06. The molecule has 0 amide bonds. The number of aromatic nitrogens is 4. The third-order valence-corrected chi connectivity index (χ3v) is 4.83. The molecule has 0 unspecified atom stereocenters. The van der Waals surface area contributed by atoms with Crippen molar-refractivity contribution >= 4 is 40.4 Å². The molecular formula is C23H26N8O4. The highest BCUT2D eigenvalue weighted by Gasteiger charge is 2.18. The Morgan fingerprint density at radius 2 is 1.71 bits per heavy atom. The summed E-state index contributed by atoms with van der Waals surface area (Å²) in [6.45, 7) is 2.08. The first-order chi connectivity index (χ1) is 16.8. The first kappa shape index (κ1) is 24.8. The quantitative estimate of drug-likeness (QED) is 0.155. The van der Waals surface area contributed by atoms with Gasteiger partial charge in [0.15, 0.2) is 0 Å². The van der Waals surface area contributed by atoms with E-state index < -0.39 is 10.9 Å². The van der Waals surface area contributed by atoms with Crippen LogP contribution in [0, 0.1) is 10.1 Å². The molecular weight excluding hydrogens is 452 g/mol. The molecule has 182 valence electrons. The molecule has 0 aliphatic rings. The Bertz CT molecular complexity index is 1310. The number of benzene rings is 2. The smallest absolute Gasteiger partial charge is 0.343 e. The van der Waals surface area contributed by atoms with Crippen LogP contribution in [-0.4, -0.2) is 37.1 Å². The van der Waals surface area contributed by atoms with E-state index >= 15 is 0 Å². The van der Waals surface area contributed by atoms with Crippen molar-refractivity contribution in [3.63, 3.8) is 0 Å². The molecule has 0 aliphatic heterocycles. The van der Waals surface area contributed by atoms with Crippen LogP contribution < -0.4 is 16.4 Å². The number of esters is 1. The van der Waals surface area contributed by atoms with Crippen LogP contribution in [0.15, 0.2) is 67.0 Å². The van der Waals surface area contributed by atoms with Gasteiger partial charge in [-0.1, -0.05) is 24.3 Å². The molecule has 0 fully saturated rings. The predicted octanol–water partition coefficient (Wildman–Crippen LogP) is 3.99. The van der Waals surface area contributed by atoms with Gasteiger partial charge in [0.2, 0.25) is 0 Å². The van der Waals surface area contributed by atoms with Gasteiger partial charge in [0.1, 0.15) is 22.9 Å². The number of hydrogen-bond acceptors (Lipinski definition) is 9. The third kappa shape index (κ3) is 6.13. The van der Waals surface area contributed by atoms with Crippen LogP contribution in [0.25, 0.3) is 0 Å². The zero-order chi connectivity index (χ0) is 25.4. The summed E-state index contributed by atoms with van der Waals surface area (Å²) in [5.41, 5.74) is 8.06. The highest BCUT2D eigenvalue weighted by molar-refractivity contribution is 5.95. The van der Waals surface area contributed by atoms with Gasteiger partial charge >= 0.3 is 5.97 Å². The number of ether oxygens (including phenoxy) is 1. The first-order valence-corrected chi connectivity index (χ1v) is 10.6. The summed E-state index contributed by atoms with van der Waals surface area (Å²) in [5.74, 6) is 0.846. The number of carbonyl (C=O) groups excluding carboxylic acids is 1. The molecule has 2 aromatic carbocycles. The number of nitrogen functional groups attached to an aromatic ring is 1. The molecule has 2 heterocycles. The van der Waals surface area contributed by atoms with Crippen molar-refractivity contribution in [1.29, 1.82) is 0 Å². The molecule has 12 nitrogen and oxygen atoms in total. The second-order valence-corrected chi connectivity index (χ2v) is 7.20. The predicted molar refractivity (Wildman–Crippen MR) is 133 cm³/mol. The van der Waals surface area contributed by atoms with E-state index in [0.29, 0.717) is 35.2 Å². The Morgan fingerprint density at radius 3 is 2.34 bits per heavy atom. The number of para-hydroxylation sites is 4. The Morgan fingerprint density at radius 1 is 1.03 bits per heavy atom. The maximum atomic E-state index is 11.8. The molecule has 35 heavy (non-hydrogen) atoms. The fraction of sp³-hybridized carbons (Fsp3) is 0.174. The number of aryl methyl sites for hydroxylation is 2. The van der Waals surface area contributed by atoms with Gasteiger partial charge in [-0.25, -0.2) is 4.79 Å². The second-order valence-electron chi connectivity index (χ2n) is 7.20. The van der Waals surface area contributed by atoms with Gasteiger partial charge in [0.25, 0.3) is 5.69 Å². The minimum atomic E-state index is -0.418. The summed E-state index contributed by atoms with van der Waals surface area (Å²) < 4.78 is 8.16. The summed E-state index contributed by atoms with van der Waals surface area (Å²) in [7, 11) is 3.50. The van der Waals surface area contributed by atoms with Gasteiger partial charge < -0.3 is 21.1 Å². The van der Waals surface area contributed by atoms with Crippen LogP contribution in [0.2, 0.25) is 0 Å². The molecule has 4 aromatic rings. The lowest BCUT2D eigenvalue weighted by molar-refractivity contribution is -0.383. The normalized spacial score (nSPS) is 10.1. The van der Waals surface area contributed by atoms with Crippen molar-refractivity contribution in [2.75, 3.05) is 23.0 Å². The van der Waals surface area contributed by atoms with E-state index in [9.17, 15) is 14.9 Å². The molecule has 2 aromatic heterocycles. The molecule has 0 atom stereocenters. The van der Waals surface area contributed by atoms with E-state index in [1.807, 2.05) is 18.2 Å². The maximum absolute atomic E-state index is 11.8. The fourth-order valence-electron chi connectivity index (χ4n) is 3.06. The van der Waals surface area contributed by atoms with E-state index in [-0.39, 0.29) is 5.69 Å². The Hall–Kier alpha value is -4.87. The molecule has 0 aliphatic carbocycles. The lowest BCUT2D eigenvalue weighted by Crippen LogP contribution is -2.09. The van der Waals surface area contributed by atoms with Crippen molar-refractivity contribution in [3.05, 3.63) is 82.7 Å². The summed E-state index contributed by atoms with van der Waals surface area (Å²) in [5, 5.41) is 24.9. The highest BCUT2D eigenvalue weighted by Crippen LogP contribution is 2.27. The van der Waals surface area contributed by atoms with Crippen LogP contribution in [0.1, 0.15) is 17.3 Å². The number of carbonyl (C=O) groups is 1. The van der Waals surface area contributed by atoms with E-state index in [2.05, 4.69) is 20.8 Å². The Balaban J connectivity index is 0.000000198. The SMILES string of the molecule is CCOC(=O)c1cnn(C)c1Nc1ccccc1N.Cn1nccc1Nc1ccccc1[N+](=O)[O-]. The van der Waals surface area contributed by atoms with Gasteiger partial charge in [-0.3, -0.25) is 19.5 Å². The molecule has 4 rings (SSSR count). The largest absolute Gasteiger partial charge is 0.462 e. The van der Waals surface area contributed by atoms with Crippen molar-refractivity contribution in [2.45, 2.75) is 6.92 Å². The Kier molecular flexibility index (Phi) is 8.01. The minimum absolute atomic E-state index is 0.0451.